The Bertz CT molecular complexity index is 1240. The van der Waals surface area contributed by atoms with Crippen LogP contribution >= 0.6 is 11.3 Å². The van der Waals surface area contributed by atoms with Gasteiger partial charge in [0.1, 0.15) is 5.82 Å². The van der Waals surface area contributed by atoms with E-state index < -0.39 is 15.8 Å². The third-order valence-electron chi connectivity index (χ3n) is 5.76. The quantitative estimate of drug-likeness (QED) is 0.328. The summed E-state index contributed by atoms with van der Waals surface area (Å²) in [5, 5.41) is 8.75. The molecule has 0 spiro atoms. The number of aromatic nitrogens is 2. The third-order valence-corrected chi connectivity index (χ3v) is 8.19. The summed E-state index contributed by atoms with van der Waals surface area (Å²) in [4.78, 5) is 24.9. The van der Waals surface area contributed by atoms with Gasteiger partial charge in [0.25, 0.3) is 0 Å². The lowest BCUT2D eigenvalue weighted by Crippen LogP contribution is -2.33. The summed E-state index contributed by atoms with van der Waals surface area (Å²) < 4.78 is 19.9. The maximum atomic E-state index is 12.8. The standard InChI is InChI=1S/C25H32N6O3S2/c1-3-34-25(32)30-36(2,33)20-11-9-19(10-12-20)28-24-27-18-21(22-8-7-17-35-22)23(29-24)26-13-16-31-14-5-4-6-15-31/h7-12,17-18H,2-6,13-16H2,1H3,(H,30,32,33)(H2,26,27,28,29). The van der Waals surface area contributed by atoms with Crippen molar-refractivity contribution in [2.24, 2.45) is 0 Å². The fourth-order valence-electron chi connectivity index (χ4n) is 3.95. The number of nitrogens with one attached hydrogen (secondary N) is 3. The highest BCUT2D eigenvalue weighted by molar-refractivity contribution is 7.99. The minimum absolute atomic E-state index is 0.185. The molecule has 0 bridgehead atoms. The van der Waals surface area contributed by atoms with Gasteiger partial charge in [-0.05, 0) is 74.4 Å². The van der Waals surface area contributed by atoms with Crippen molar-refractivity contribution in [3.05, 3.63) is 48.0 Å². The molecule has 4 rings (SSSR count). The summed E-state index contributed by atoms with van der Waals surface area (Å²) in [5.41, 5.74) is 1.68. The number of carbonyl (C=O) groups is 1. The second-order valence-corrected chi connectivity index (χ2v) is 11.4. The van der Waals surface area contributed by atoms with Crippen LogP contribution in [0.1, 0.15) is 26.2 Å². The number of amides is 1. The van der Waals surface area contributed by atoms with Crippen molar-refractivity contribution >= 4 is 50.5 Å². The Morgan fingerprint density at radius 3 is 2.67 bits per heavy atom. The predicted octanol–water partition coefficient (Wildman–Crippen LogP) is 4.58. The zero-order chi connectivity index (χ0) is 25.4. The van der Waals surface area contributed by atoms with Crippen LogP contribution in [0.25, 0.3) is 10.4 Å². The zero-order valence-corrected chi connectivity index (χ0v) is 22.0. The molecule has 3 N–H and O–H groups in total. The molecular formula is C25H32N6O3S2. The first-order valence-electron chi connectivity index (χ1n) is 12.0. The van der Waals surface area contributed by atoms with Gasteiger partial charge in [0.2, 0.25) is 5.95 Å². The van der Waals surface area contributed by atoms with Crippen LogP contribution < -0.4 is 15.4 Å². The van der Waals surface area contributed by atoms with Gasteiger partial charge in [-0.25, -0.2) is 18.7 Å². The maximum absolute atomic E-state index is 12.8. The molecule has 1 aliphatic rings. The van der Waals surface area contributed by atoms with Gasteiger partial charge in [-0.3, -0.25) is 0 Å². The minimum atomic E-state index is -3.02. The van der Waals surface area contributed by atoms with Gasteiger partial charge in [0.15, 0.2) is 0 Å². The van der Waals surface area contributed by atoms with E-state index in [0.717, 1.165) is 42.4 Å². The molecule has 0 saturated carbocycles. The molecule has 9 nitrogen and oxygen atoms in total. The lowest BCUT2D eigenvalue weighted by atomic mass is 10.1. The number of carbonyl (C=O) groups excluding carboxylic acids is 1. The molecule has 1 aliphatic heterocycles. The number of thiophene rings is 1. The Balaban J connectivity index is 1.46. The van der Waals surface area contributed by atoms with Crippen LogP contribution in [0, 0.1) is 0 Å². The Labute approximate surface area is 216 Å². The Morgan fingerprint density at radius 2 is 1.97 bits per heavy atom. The fraction of sp³-hybridized carbons (Fsp3) is 0.360. The first-order chi connectivity index (χ1) is 17.4. The number of hydrogen-bond acceptors (Lipinski definition) is 9. The Kier molecular flexibility index (Phi) is 8.79. The van der Waals surface area contributed by atoms with E-state index >= 15 is 0 Å². The summed E-state index contributed by atoms with van der Waals surface area (Å²) >= 11 is 1.65. The van der Waals surface area contributed by atoms with E-state index in [1.54, 1.807) is 42.5 Å². The number of hydrogen-bond donors (Lipinski definition) is 3. The molecule has 2 aromatic heterocycles. The van der Waals surface area contributed by atoms with E-state index in [9.17, 15) is 9.00 Å². The average Bonchev–Trinajstić information content (AvgIpc) is 3.40. The minimum Gasteiger partial charge on any atom is -0.449 e. The number of piperidine rings is 1. The summed E-state index contributed by atoms with van der Waals surface area (Å²) in [6, 6.07) is 10.8. The van der Waals surface area contributed by atoms with Crippen LogP contribution in [0.5, 0.6) is 0 Å². The van der Waals surface area contributed by atoms with Crippen molar-refractivity contribution in [2.75, 3.05) is 43.4 Å². The Hall–Kier alpha value is -3.15. The topological polar surface area (TPSA) is 108 Å². The van der Waals surface area contributed by atoms with Gasteiger partial charge in [0, 0.05) is 34.7 Å². The van der Waals surface area contributed by atoms with Gasteiger partial charge in [-0.1, -0.05) is 12.5 Å². The van der Waals surface area contributed by atoms with Gasteiger partial charge in [0.05, 0.1) is 21.9 Å². The number of anilines is 3. The molecule has 1 aromatic carbocycles. The summed E-state index contributed by atoms with van der Waals surface area (Å²) in [6.45, 7) is 5.94. The van der Waals surface area contributed by atoms with Crippen molar-refractivity contribution < 1.29 is 13.7 Å². The fourth-order valence-corrected chi connectivity index (χ4v) is 5.70. The number of rotatable bonds is 10. The molecular weight excluding hydrogens is 496 g/mol. The predicted molar refractivity (Wildman–Crippen MR) is 148 cm³/mol. The lowest BCUT2D eigenvalue weighted by Gasteiger charge is -2.26. The number of ether oxygens (including phenoxy) is 1. The van der Waals surface area contributed by atoms with E-state index in [1.165, 1.54) is 19.3 Å². The second kappa shape index (κ2) is 12.2. The van der Waals surface area contributed by atoms with Crippen molar-refractivity contribution in [3.8, 4) is 10.4 Å². The largest absolute Gasteiger partial charge is 0.449 e. The smallest absolute Gasteiger partial charge is 0.418 e. The van der Waals surface area contributed by atoms with Crippen LogP contribution in [0.15, 0.2) is 52.9 Å². The highest BCUT2D eigenvalue weighted by Gasteiger charge is 2.15. The Morgan fingerprint density at radius 1 is 1.19 bits per heavy atom. The van der Waals surface area contributed by atoms with Crippen LogP contribution in [-0.4, -0.2) is 63.8 Å². The summed E-state index contributed by atoms with van der Waals surface area (Å²) in [7, 11) is -3.02. The maximum Gasteiger partial charge on any atom is 0.418 e. The molecule has 11 heteroatoms. The number of likely N-dealkylation sites (tertiary alicyclic amines) is 1. The molecule has 1 unspecified atom stereocenters. The van der Waals surface area contributed by atoms with Crippen LogP contribution in [0.4, 0.5) is 22.2 Å². The molecule has 1 amide bonds. The van der Waals surface area contributed by atoms with E-state index in [-0.39, 0.29) is 6.61 Å². The molecule has 1 atom stereocenters. The van der Waals surface area contributed by atoms with E-state index in [2.05, 4.69) is 37.2 Å². The van der Waals surface area contributed by atoms with Gasteiger partial charge < -0.3 is 20.3 Å². The first-order valence-corrected chi connectivity index (χ1v) is 14.6. The normalized spacial score (nSPS) is 15.6. The number of nitrogens with zero attached hydrogens (tertiary/aromatic N) is 3. The summed E-state index contributed by atoms with van der Waals surface area (Å²) in [6.07, 6.45) is 4.91. The lowest BCUT2D eigenvalue weighted by molar-refractivity contribution is 0.159. The number of benzene rings is 1. The third kappa shape index (κ3) is 6.96. The molecule has 1 saturated heterocycles. The van der Waals surface area contributed by atoms with Gasteiger partial charge in [-0.2, -0.15) is 4.98 Å². The highest BCUT2D eigenvalue weighted by Crippen LogP contribution is 2.31. The van der Waals surface area contributed by atoms with Crippen molar-refractivity contribution in [3.63, 3.8) is 0 Å². The van der Waals surface area contributed by atoms with E-state index in [1.807, 2.05) is 17.6 Å². The summed E-state index contributed by atoms with van der Waals surface area (Å²) in [5.74, 6) is 4.87. The van der Waals surface area contributed by atoms with Crippen LogP contribution in [0.3, 0.4) is 0 Å². The SMILES string of the molecule is C=S(=O)(NC(=O)OCC)c1ccc(Nc2ncc(-c3cccs3)c(NCCN3CCCCC3)n2)cc1. The van der Waals surface area contributed by atoms with E-state index in [0.29, 0.717) is 16.5 Å². The molecule has 36 heavy (non-hydrogen) atoms. The molecule has 3 heterocycles. The van der Waals surface area contributed by atoms with Crippen molar-refractivity contribution in [1.29, 1.82) is 0 Å². The van der Waals surface area contributed by atoms with E-state index in [4.69, 9.17) is 9.72 Å². The van der Waals surface area contributed by atoms with Crippen molar-refractivity contribution in [1.82, 2.24) is 19.6 Å². The highest BCUT2D eigenvalue weighted by atomic mass is 32.2. The first kappa shape index (κ1) is 25.9. The van der Waals surface area contributed by atoms with Crippen molar-refractivity contribution in [2.45, 2.75) is 31.1 Å². The molecule has 0 aliphatic carbocycles. The second-order valence-electron chi connectivity index (χ2n) is 8.41. The van der Waals surface area contributed by atoms with Crippen LogP contribution in [0.2, 0.25) is 0 Å². The molecule has 3 aromatic rings. The molecule has 1 fully saturated rings. The van der Waals surface area contributed by atoms with Crippen LogP contribution in [-0.2, 0) is 14.4 Å². The molecule has 192 valence electrons. The van der Waals surface area contributed by atoms with Gasteiger partial charge in [-0.15, -0.1) is 11.3 Å². The van der Waals surface area contributed by atoms with Gasteiger partial charge >= 0.3 is 6.09 Å². The molecule has 0 radical (unpaired) electrons. The zero-order valence-electron chi connectivity index (χ0n) is 20.4. The monoisotopic (exact) mass is 528 g/mol. The average molecular weight is 529 g/mol.